The van der Waals surface area contributed by atoms with Gasteiger partial charge in [0.15, 0.2) is 0 Å². The van der Waals surface area contributed by atoms with Crippen LogP contribution in [0.1, 0.15) is 41.0 Å². The number of aryl methyl sites for hydroxylation is 1. The van der Waals surface area contributed by atoms with Gasteiger partial charge in [0.1, 0.15) is 11.4 Å². The number of nitrogens with zero attached hydrogens (tertiary/aromatic N) is 2. The van der Waals surface area contributed by atoms with Crippen molar-refractivity contribution in [3.05, 3.63) is 58.9 Å². The van der Waals surface area contributed by atoms with E-state index < -0.39 is 0 Å². The molecule has 138 valence electrons. The van der Waals surface area contributed by atoms with E-state index in [1.165, 1.54) is 5.56 Å². The first-order valence-electron chi connectivity index (χ1n) is 8.94. The maximum atomic E-state index is 12.7. The van der Waals surface area contributed by atoms with E-state index in [9.17, 15) is 4.79 Å². The normalized spacial score (nSPS) is 15.5. The molecule has 1 fully saturated rings. The largest absolute Gasteiger partial charge is 0.494 e. The van der Waals surface area contributed by atoms with E-state index in [-0.39, 0.29) is 11.3 Å². The Morgan fingerprint density at radius 1 is 1.27 bits per heavy atom. The van der Waals surface area contributed by atoms with E-state index >= 15 is 0 Å². The van der Waals surface area contributed by atoms with Gasteiger partial charge in [0.05, 0.1) is 13.2 Å². The Morgan fingerprint density at radius 2 is 2.04 bits per heavy atom. The first kappa shape index (κ1) is 18.4. The van der Waals surface area contributed by atoms with Crippen LogP contribution in [0.25, 0.3) is 0 Å². The molecule has 1 aromatic carbocycles. The second-order valence-corrected chi connectivity index (χ2v) is 7.12. The number of pyridine rings is 1. The number of ether oxygens (including phenoxy) is 2. The summed E-state index contributed by atoms with van der Waals surface area (Å²) < 4.78 is 10.8. The Bertz CT molecular complexity index is 798. The van der Waals surface area contributed by atoms with E-state index in [2.05, 4.69) is 31.0 Å². The van der Waals surface area contributed by atoms with Gasteiger partial charge in [0, 0.05) is 31.8 Å². The number of aromatic nitrogens is 1. The highest BCUT2D eigenvalue weighted by Gasteiger charge is 2.43. The number of carbonyl (C=O) groups excluding carboxylic acids is 1. The zero-order chi connectivity index (χ0) is 18.7. The molecule has 0 saturated carbocycles. The summed E-state index contributed by atoms with van der Waals surface area (Å²) in [5, 5.41) is 0. The van der Waals surface area contributed by atoms with Gasteiger partial charge in [0.25, 0.3) is 5.91 Å². The van der Waals surface area contributed by atoms with Crippen molar-refractivity contribution in [2.24, 2.45) is 0 Å². The van der Waals surface area contributed by atoms with Gasteiger partial charge in [-0.3, -0.25) is 9.78 Å². The molecule has 3 rings (SSSR count). The fourth-order valence-corrected chi connectivity index (χ4v) is 3.47. The molecule has 1 amide bonds. The fourth-order valence-electron chi connectivity index (χ4n) is 3.47. The van der Waals surface area contributed by atoms with Crippen LogP contribution < -0.4 is 4.74 Å². The number of likely N-dealkylation sites (tertiary alicyclic amines) is 1. The van der Waals surface area contributed by atoms with Crippen molar-refractivity contribution >= 4 is 5.91 Å². The van der Waals surface area contributed by atoms with Crippen LogP contribution in [0.4, 0.5) is 0 Å². The van der Waals surface area contributed by atoms with Crippen molar-refractivity contribution in [2.45, 2.75) is 32.8 Å². The first-order valence-corrected chi connectivity index (χ1v) is 8.94. The SMILES string of the molecule is CCOc1ccc(C2(C)CN(C(=O)c3cc(COC)ccn3)C2)cc1C. The predicted molar refractivity (Wildman–Crippen MR) is 101 cm³/mol. The molecule has 1 aliphatic heterocycles. The average molecular weight is 354 g/mol. The van der Waals surface area contributed by atoms with E-state index in [0.717, 1.165) is 16.9 Å². The number of hydrogen-bond acceptors (Lipinski definition) is 4. The molecule has 0 atom stereocenters. The summed E-state index contributed by atoms with van der Waals surface area (Å²) in [6.45, 7) is 8.76. The lowest BCUT2D eigenvalue weighted by atomic mass is 9.75. The van der Waals surface area contributed by atoms with Gasteiger partial charge >= 0.3 is 0 Å². The van der Waals surface area contributed by atoms with Gasteiger partial charge in [-0.05, 0) is 48.7 Å². The molecule has 0 radical (unpaired) electrons. The monoisotopic (exact) mass is 354 g/mol. The molecule has 1 aromatic heterocycles. The fraction of sp³-hybridized carbons (Fsp3) is 0.429. The van der Waals surface area contributed by atoms with Gasteiger partial charge < -0.3 is 14.4 Å². The lowest BCUT2D eigenvalue weighted by Crippen LogP contribution is -2.59. The first-order chi connectivity index (χ1) is 12.5. The molecule has 0 N–H and O–H groups in total. The number of amides is 1. The van der Waals surface area contributed by atoms with E-state index in [0.29, 0.717) is 32.0 Å². The van der Waals surface area contributed by atoms with Crippen LogP contribution in [0, 0.1) is 6.92 Å². The summed E-state index contributed by atoms with van der Waals surface area (Å²) in [5.74, 6) is 0.898. The van der Waals surface area contributed by atoms with Crippen molar-refractivity contribution in [3.8, 4) is 5.75 Å². The Balaban J connectivity index is 1.70. The number of rotatable bonds is 6. The summed E-state index contributed by atoms with van der Waals surface area (Å²) in [4.78, 5) is 18.8. The molecule has 1 saturated heterocycles. The second kappa shape index (κ2) is 7.46. The van der Waals surface area contributed by atoms with Crippen LogP contribution >= 0.6 is 0 Å². The standard InChI is InChI=1S/C21H26N2O3/c1-5-26-19-7-6-17(10-15(19)2)21(3)13-23(14-21)20(24)18-11-16(12-25-4)8-9-22-18/h6-11H,5,12-14H2,1-4H3. The minimum atomic E-state index is -0.0324. The summed E-state index contributed by atoms with van der Waals surface area (Å²) >= 11 is 0. The molecule has 0 spiro atoms. The summed E-state index contributed by atoms with van der Waals surface area (Å²) in [6.07, 6.45) is 1.66. The Morgan fingerprint density at radius 3 is 2.69 bits per heavy atom. The highest BCUT2D eigenvalue weighted by atomic mass is 16.5. The summed E-state index contributed by atoms with van der Waals surface area (Å²) in [6, 6.07) is 9.98. The predicted octanol–water partition coefficient (Wildman–Crippen LogP) is 3.35. The number of hydrogen-bond donors (Lipinski definition) is 0. The quantitative estimate of drug-likeness (QED) is 0.798. The molecular weight excluding hydrogens is 328 g/mol. The van der Waals surface area contributed by atoms with Crippen LogP contribution in [-0.4, -0.2) is 42.6 Å². The lowest BCUT2D eigenvalue weighted by Gasteiger charge is -2.48. The molecule has 26 heavy (non-hydrogen) atoms. The number of benzene rings is 1. The van der Waals surface area contributed by atoms with Crippen molar-refractivity contribution in [1.82, 2.24) is 9.88 Å². The average Bonchev–Trinajstić information content (AvgIpc) is 2.61. The topological polar surface area (TPSA) is 51.7 Å². The third-order valence-electron chi connectivity index (χ3n) is 4.89. The highest BCUT2D eigenvalue weighted by molar-refractivity contribution is 5.93. The van der Waals surface area contributed by atoms with Crippen LogP contribution in [-0.2, 0) is 16.8 Å². The maximum absolute atomic E-state index is 12.7. The van der Waals surface area contributed by atoms with Crippen molar-refractivity contribution < 1.29 is 14.3 Å². The molecule has 0 aliphatic carbocycles. The molecule has 0 bridgehead atoms. The zero-order valence-electron chi connectivity index (χ0n) is 15.9. The highest BCUT2D eigenvalue weighted by Crippen LogP contribution is 2.36. The molecule has 2 heterocycles. The second-order valence-electron chi connectivity index (χ2n) is 7.12. The lowest BCUT2D eigenvalue weighted by molar-refractivity contribution is 0.0427. The Hall–Kier alpha value is -2.40. The van der Waals surface area contributed by atoms with Crippen LogP contribution in [0.2, 0.25) is 0 Å². The minimum absolute atomic E-state index is 0.0249. The van der Waals surface area contributed by atoms with Crippen LogP contribution in [0.15, 0.2) is 36.5 Å². The van der Waals surface area contributed by atoms with Crippen molar-refractivity contribution in [3.63, 3.8) is 0 Å². The van der Waals surface area contributed by atoms with E-state index in [4.69, 9.17) is 9.47 Å². The molecule has 0 unspecified atom stereocenters. The third kappa shape index (κ3) is 3.58. The maximum Gasteiger partial charge on any atom is 0.272 e. The van der Waals surface area contributed by atoms with E-state index in [1.807, 2.05) is 30.0 Å². The Labute approximate surface area is 155 Å². The summed E-state index contributed by atoms with van der Waals surface area (Å²) in [5.41, 5.74) is 3.77. The van der Waals surface area contributed by atoms with Crippen molar-refractivity contribution in [2.75, 3.05) is 26.8 Å². The van der Waals surface area contributed by atoms with Crippen LogP contribution in [0.3, 0.4) is 0 Å². The third-order valence-corrected chi connectivity index (χ3v) is 4.89. The van der Waals surface area contributed by atoms with E-state index in [1.54, 1.807) is 13.3 Å². The Kier molecular flexibility index (Phi) is 5.28. The summed E-state index contributed by atoms with van der Waals surface area (Å²) in [7, 11) is 1.64. The minimum Gasteiger partial charge on any atom is -0.494 e. The zero-order valence-corrected chi connectivity index (χ0v) is 15.9. The van der Waals surface area contributed by atoms with Gasteiger partial charge in [-0.2, -0.15) is 0 Å². The van der Waals surface area contributed by atoms with Crippen molar-refractivity contribution in [1.29, 1.82) is 0 Å². The van der Waals surface area contributed by atoms with Gasteiger partial charge in [-0.25, -0.2) is 0 Å². The van der Waals surface area contributed by atoms with Gasteiger partial charge in [0.2, 0.25) is 0 Å². The van der Waals surface area contributed by atoms with Gasteiger partial charge in [-0.15, -0.1) is 0 Å². The molecule has 1 aliphatic rings. The number of methoxy groups -OCH3 is 1. The number of carbonyl (C=O) groups is 1. The van der Waals surface area contributed by atoms with Gasteiger partial charge in [-0.1, -0.05) is 19.1 Å². The molecule has 5 nitrogen and oxygen atoms in total. The smallest absolute Gasteiger partial charge is 0.272 e. The molecule has 2 aromatic rings. The molecule has 5 heteroatoms. The van der Waals surface area contributed by atoms with Crippen LogP contribution in [0.5, 0.6) is 5.75 Å². The molecular formula is C21H26N2O3.